The second-order valence-electron chi connectivity index (χ2n) is 3.23. The maximum atomic E-state index is 11.3. The van der Waals surface area contributed by atoms with Crippen molar-refractivity contribution in [3.8, 4) is 0 Å². The third-order valence-corrected chi connectivity index (χ3v) is 7.05. The minimum atomic E-state index is -2.94. The van der Waals surface area contributed by atoms with Crippen LogP contribution in [0.2, 0.25) is 4.82 Å². The topological polar surface area (TPSA) is 69.7 Å². The van der Waals surface area contributed by atoms with Gasteiger partial charge in [0.2, 0.25) is 0 Å². The molecule has 0 aliphatic carbocycles. The fraction of sp³-hybridized carbons (Fsp3) is 0.875. The molecule has 1 aliphatic rings. The van der Waals surface area contributed by atoms with Crippen molar-refractivity contribution in [2.24, 2.45) is 0 Å². The monoisotopic (exact) mass is 302 g/mol. The summed E-state index contributed by atoms with van der Waals surface area (Å²) in [5.41, 5.74) is 0. The summed E-state index contributed by atoms with van der Waals surface area (Å²) in [5.74, 6) is -0.385. The van der Waals surface area contributed by atoms with Crippen LogP contribution in [-0.4, -0.2) is 53.8 Å². The number of rotatable bonds is 4. The Morgan fingerprint density at radius 1 is 1.60 bits per heavy atom. The Balaban J connectivity index is 2.42. The minimum absolute atomic E-state index is 0.0260. The molecule has 1 aliphatic heterocycles. The third kappa shape index (κ3) is 4.51. The molecule has 1 saturated heterocycles. The first-order valence-corrected chi connectivity index (χ1v) is 9.49. The van der Waals surface area contributed by atoms with Crippen molar-refractivity contribution in [3.63, 3.8) is 0 Å². The van der Waals surface area contributed by atoms with Crippen molar-refractivity contribution in [3.05, 3.63) is 0 Å². The number of esters is 1. The predicted octanol–water partition coefficient (Wildman–Crippen LogP) is -0.209. The van der Waals surface area contributed by atoms with Crippen LogP contribution in [0, 0.1) is 0 Å². The normalized spacial score (nSPS) is 26.5. The average Bonchev–Trinajstić information content (AvgIpc) is 2.50. The van der Waals surface area contributed by atoms with Gasteiger partial charge < -0.3 is 0 Å². The van der Waals surface area contributed by atoms with Crippen molar-refractivity contribution >= 4 is 28.1 Å². The molecule has 0 amide bonds. The zero-order chi connectivity index (χ0) is 11.5. The predicted molar refractivity (Wildman–Crippen MR) is 55.3 cm³/mol. The van der Waals surface area contributed by atoms with Gasteiger partial charge in [-0.1, -0.05) is 0 Å². The van der Waals surface area contributed by atoms with E-state index in [0.717, 1.165) is 0 Å². The van der Waals surface area contributed by atoms with Crippen molar-refractivity contribution < 1.29 is 22.7 Å². The number of hydrogen-bond acceptors (Lipinski definition) is 5. The fourth-order valence-electron chi connectivity index (χ4n) is 1.31. The van der Waals surface area contributed by atoms with E-state index in [0.29, 0.717) is 19.6 Å². The van der Waals surface area contributed by atoms with E-state index >= 15 is 0 Å². The molecule has 2 atom stereocenters. The summed E-state index contributed by atoms with van der Waals surface area (Å²) in [6.45, 7) is 2.39. The van der Waals surface area contributed by atoms with E-state index < -0.39 is 28.2 Å². The molecule has 0 aromatic heterocycles. The van der Waals surface area contributed by atoms with E-state index in [1.165, 1.54) is 6.26 Å². The molecular formula is C8H14O5SSe. The summed E-state index contributed by atoms with van der Waals surface area (Å²) in [4.78, 5) is 11.2. The Morgan fingerprint density at radius 3 is 2.80 bits per heavy atom. The van der Waals surface area contributed by atoms with Crippen LogP contribution in [0.4, 0.5) is 0 Å². The van der Waals surface area contributed by atoms with Crippen LogP contribution in [0.25, 0.3) is 0 Å². The van der Waals surface area contributed by atoms with Crippen LogP contribution >= 0.6 is 0 Å². The summed E-state index contributed by atoms with van der Waals surface area (Å²) >= 11 is -0.506. The van der Waals surface area contributed by atoms with Gasteiger partial charge in [-0.25, -0.2) is 0 Å². The van der Waals surface area contributed by atoms with Crippen LogP contribution in [0.3, 0.4) is 0 Å². The van der Waals surface area contributed by atoms with Crippen LogP contribution in [-0.2, 0) is 22.5 Å². The molecule has 0 spiro atoms. The first-order valence-electron chi connectivity index (χ1n) is 4.59. The SMILES string of the molecule is CCOC(=O)[C@@H]1C[C@@H]([Se]S(C)(=O)=O)CO1. The summed E-state index contributed by atoms with van der Waals surface area (Å²) in [5, 5.41) is 0. The zero-order valence-electron chi connectivity index (χ0n) is 8.63. The molecule has 1 fully saturated rings. The van der Waals surface area contributed by atoms with Crippen molar-refractivity contribution in [2.75, 3.05) is 19.5 Å². The molecule has 15 heavy (non-hydrogen) atoms. The van der Waals surface area contributed by atoms with E-state index in [2.05, 4.69) is 0 Å². The Hall–Kier alpha value is -0.101. The first kappa shape index (κ1) is 13.0. The molecular weight excluding hydrogens is 287 g/mol. The molecule has 1 heterocycles. The first-order chi connectivity index (χ1) is 6.92. The van der Waals surface area contributed by atoms with Gasteiger partial charge in [-0.2, -0.15) is 0 Å². The van der Waals surface area contributed by atoms with Gasteiger partial charge in [0.05, 0.1) is 0 Å². The van der Waals surface area contributed by atoms with Gasteiger partial charge in [-0.05, 0) is 0 Å². The summed E-state index contributed by atoms with van der Waals surface area (Å²) in [6.07, 6.45) is 1.11. The molecule has 1 rings (SSSR count). The molecule has 0 aromatic carbocycles. The molecule has 5 nitrogen and oxygen atoms in total. The van der Waals surface area contributed by atoms with E-state index in [4.69, 9.17) is 9.47 Å². The van der Waals surface area contributed by atoms with Crippen molar-refractivity contribution in [2.45, 2.75) is 24.3 Å². The molecule has 88 valence electrons. The molecule has 0 N–H and O–H groups in total. The van der Waals surface area contributed by atoms with Gasteiger partial charge in [0.15, 0.2) is 0 Å². The second kappa shape index (κ2) is 5.30. The van der Waals surface area contributed by atoms with Gasteiger partial charge in [-0.3, -0.25) is 0 Å². The van der Waals surface area contributed by atoms with E-state index in [1.807, 2.05) is 0 Å². The molecule has 7 heteroatoms. The van der Waals surface area contributed by atoms with Crippen molar-refractivity contribution in [1.82, 2.24) is 0 Å². The molecule has 0 saturated carbocycles. The Bertz CT molecular complexity index is 326. The molecule has 0 radical (unpaired) electrons. The van der Waals surface area contributed by atoms with Crippen LogP contribution in [0.1, 0.15) is 13.3 Å². The van der Waals surface area contributed by atoms with Gasteiger partial charge >= 0.3 is 94.5 Å². The second-order valence-corrected chi connectivity index (χ2v) is 11.3. The average molecular weight is 301 g/mol. The van der Waals surface area contributed by atoms with Gasteiger partial charge in [0.1, 0.15) is 0 Å². The van der Waals surface area contributed by atoms with E-state index in [-0.39, 0.29) is 10.8 Å². The fourth-order valence-corrected chi connectivity index (χ4v) is 6.43. The number of carbonyl (C=O) groups excluding carboxylic acids is 1. The number of hydrogen-bond donors (Lipinski definition) is 0. The Morgan fingerprint density at radius 2 is 2.27 bits per heavy atom. The molecule has 0 bridgehead atoms. The standard InChI is InChI=1S/C8H14O5SSe/c1-3-12-8(9)7-4-6(5-13-7)15-14(2,10)11/h6-7H,3-5H2,1-2H3/t6-,7+/m1/s1. The van der Waals surface area contributed by atoms with E-state index in [9.17, 15) is 13.2 Å². The van der Waals surface area contributed by atoms with Crippen LogP contribution in [0.5, 0.6) is 0 Å². The Kier molecular flexibility index (Phi) is 4.58. The third-order valence-electron chi connectivity index (χ3n) is 1.82. The quantitative estimate of drug-likeness (QED) is 0.531. The zero-order valence-corrected chi connectivity index (χ0v) is 11.2. The van der Waals surface area contributed by atoms with Gasteiger partial charge in [-0.15, -0.1) is 0 Å². The van der Waals surface area contributed by atoms with Gasteiger partial charge in [0.25, 0.3) is 0 Å². The molecule has 0 unspecified atom stereocenters. The Labute approximate surface area is 94.6 Å². The van der Waals surface area contributed by atoms with Crippen LogP contribution in [0.15, 0.2) is 0 Å². The van der Waals surface area contributed by atoms with Crippen LogP contribution < -0.4 is 0 Å². The van der Waals surface area contributed by atoms with Crippen molar-refractivity contribution in [1.29, 1.82) is 0 Å². The summed E-state index contributed by atoms with van der Waals surface area (Å²) in [7, 11) is -2.94. The number of carbonyl (C=O) groups is 1. The maximum absolute atomic E-state index is 11.3. The molecule has 0 aromatic rings. The summed E-state index contributed by atoms with van der Waals surface area (Å²) < 4.78 is 32.1. The summed E-state index contributed by atoms with van der Waals surface area (Å²) in [6, 6.07) is 0. The number of ether oxygens (including phenoxy) is 2. The van der Waals surface area contributed by atoms with Gasteiger partial charge in [0, 0.05) is 0 Å². The van der Waals surface area contributed by atoms with E-state index in [1.54, 1.807) is 6.92 Å².